The molecular formula is C13H17ClN4O2. The average molecular weight is 297 g/mol. The van der Waals surface area contributed by atoms with Gasteiger partial charge in [0.1, 0.15) is 12.7 Å². The second-order valence-electron chi connectivity index (χ2n) is 4.15. The summed E-state index contributed by atoms with van der Waals surface area (Å²) in [6, 6.07) is 3.60. The molecule has 0 unspecified atom stereocenters. The number of hydrogen-bond acceptors (Lipinski definition) is 5. The monoisotopic (exact) mass is 296 g/mol. The molecule has 0 radical (unpaired) electrons. The molecule has 0 spiro atoms. The van der Waals surface area contributed by atoms with Crippen LogP contribution in [0.25, 0.3) is 0 Å². The van der Waals surface area contributed by atoms with E-state index >= 15 is 0 Å². The summed E-state index contributed by atoms with van der Waals surface area (Å²) in [6.45, 7) is 3.20. The van der Waals surface area contributed by atoms with E-state index in [4.69, 9.17) is 21.1 Å². The van der Waals surface area contributed by atoms with Crippen molar-refractivity contribution in [3.05, 3.63) is 35.4 Å². The van der Waals surface area contributed by atoms with Crippen molar-refractivity contribution in [1.82, 2.24) is 14.9 Å². The minimum atomic E-state index is 0.522. The van der Waals surface area contributed by atoms with E-state index in [-0.39, 0.29) is 0 Å². The van der Waals surface area contributed by atoms with E-state index in [2.05, 4.69) is 22.5 Å². The van der Waals surface area contributed by atoms with Gasteiger partial charge in [0.05, 0.1) is 20.3 Å². The van der Waals surface area contributed by atoms with Crippen LogP contribution in [-0.4, -0.2) is 28.6 Å². The molecule has 1 aromatic carbocycles. The summed E-state index contributed by atoms with van der Waals surface area (Å²) in [7, 11) is 1.60. The van der Waals surface area contributed by atoms with Gasteiger partial charge in [-0.2, -0.15) is 0 Å². The van der Waals surface area contributed by atoms with Gasteiger partial charge in [-0.15, -0.1) is 10.2 Å². The third-order valence-electron chi connectivity index (χ3n) is 2.64. The number of benzene rings is 1. The highest BCUT2D eigenvalue weighted by molar-refractivity contribution is 6.30. The fourth-order valence-electron chi connectivity index (χ4n) is 1.73. The second kappa shape index (κ2) is 7.00. The summed E-state index contributed by atoms with van der Waals surface area (Å²) in [4.78, 5) is 0. The lowest BCUT2D eigenvalue weighted by atomic mass is 10.2. The first-order chi connectivity index (χ1) is 9.74. The zero-order valence-electron chi connectivity index (χ0n) is 11.5. The second-order valence-corrected chi connectivity index (χ2v) is 4.59. The molecule has 0 aliphatic heterocycles. The molecule has 6 nitrogen and oxygen atoms in total. The van der Waals surface area contributed by atoms with Gasteiger partial charge in [0.2, 0.25) is 0 Å². The molecule has 0 aliphatic carbocycles. The average Bonchev–Trinajstić information content (AvgIpc) is 2.96. The fraction of sp³-hybridized carbons (Fsp3) is 0.385. The van der Waals surface area contributed by atoms with Crippen LogP contribution in [0, 0.1) is 0 Å². The third kappa shape index (κ3) is 3.54. The molecule has 0 fully saturated rings. The molecule has 2 rings (SSSR count). The largest absolute Gasteiger partial charge is 0.493 e. The molecule has 0 amide bonds. The summed E-state index contributed by atoms with van der Waals surface area (Å²) < 4.78 is 12.8. The zero-order chi connectivity index (χ0) is 14.4. The van der Waals surface area contributed by atoms with Crippen molar-refractivity contribution in [2.24, 2.45) is 0 Å². The lowest BCUT2D eigenvalue weighted by Crippen LogP contribution is -2.13. The molecule has 0 bridgehead atoms. The van der Waals surface area contributed by atoms with Crippen molar-refractivity contribution >= 4 is 11.6 Å². The Morgan fingerprint density at radius 1 is 1.30 bits per heavy atom. The van der Waals surface area contributed by atoms with Gasteiger partial charge in [-0.25, -0.2) is 4.68 Å². The Labute approximate surface area is 122 Å². The lowest BCUT2D eigenvalue weighted by molar-refractivity contribution is 0.291. The molecule has 0 aliphatic rings. The van der Waals surface area contributed by atoms with E-state index in [9.17, 15) is 0 Å². The summed E-state index contributed by atoms with van der Waals surface area (Å²) in [5.74, 6) is 1.34. The number of ether oxygens (including phenoxy) is 2. The summed E-state index contributed by atoms with van der Waals surface area (Å²) in [5.41, 5.74) is 4.05. The third-order valence-corrected chi connectivity index (χ3v) is 2.86. The molecule has 0 saturated carbocycles. The van der Waals surface area contributed by atoms with E-state index in [1.54, 1.807) is 30.5 Å². The predicted molar refractivity (Wildman–Crippen MR) is 76.9 cm³/mol. The van der Waals surface area contributed by atoms with Crippen LogP contribution in [0.4, 0.5) is 0 Å². The highest BCUT2D eigenvalue weighted by Crippen LogP contribution is 2.35. The molecule has 1 aromatic heterocycles. The normalized spacial score (nSPS) is 10.3. The van der Waals surface area contributed by atoms with Crippen molar-refractivity contribution in [2.75, 3.05) is 19.1 Å². The Hall–Kier alpha value is -1.95. The van der Waals surface area contributed by atoms with Gasteiger partial charge in [-0.3, -0.25) is 0 Å². The molecule has 2 aromatic rings. The number of halogens is 1. The standard InChI is InChI=1S/C13H17ClN4O2/c1-3-4-20-13-10(5-11(14)6-12(13)19-2)7-17-18-8-15-16-9-18/h5-6,8-9,17H,3-4,7H2,1-2H3. The Morgan fingerprint density at radius 2 is 2.05 bits per heavy atom. The summed E-state index contributed by atoms with van der Waals surface area (Å²) >= 11 is 6.10. The quantitative estimate of drug-likeness (QED) is 0.850. The summed E-state index contributed by atoms with van der Waals surface area (Å²) in [5, 5.41) is 8.06. The molecule has 108 valence electrons. The fourth-order valence-corrected chi connectivity index (χ4v) is 1.96. The van der Waals surface area contributed by atoms with E-state index in [1.165, 1.54) is 0 Å². The first-order valence-corrected chi connectivity index (χ1v) is 6.70. The maximum Gasteiger partial charge on any atom is 0.166 e. The molecular weight excluding hydrogens is 280 g/mol. The van der Waals surface area contributed by atoms with Gasteiger partial charge >= 0.3 is 0 Å². The number of aromatic nitrogens is 3. The van der Waals surface area contributed by atoms with Gasteiger partial charge in [-0.1, -0.05) is 18.5 Å². The Balaban J connectivity index is 2.21. The maximum absolute atomic E-state index is 6.10. The lowest BCUT2D eigenvalue weighted by Gasteiger charge is -2.16. The maximum atomic E-state index is 6.10. The van der Waals surface area contributed by atoms with Gasteiger partial charge in [0.15, 0.2) is 11.5 Å². The van der Waals surface area contributed by atoms with Crippen LogP contribution in [0.1, 0.15) is 18.9 Å². The highest BCUT2D eigenvalue weighted by atomic mass is 35.5. The number of rotatable bonds is 7. The number of hydrogen-bond donors (Lipinski definition) is 1. The predicted octanol–water partition coefficient (Wildman–Crippen LogP) is 2.47. The minimum Gasteiger partial charge on any atom is -0.493 e. The van der Waals surface area contributed by atoms with Crippen LogP contribution in [0.2, 0.25) is 5.02 Å². The first kappa shape index (κ1) is 14.5. The summed E-state index contributed by atoms with van der Waals surface area (Å²) in [6.07, 6.45) is 4.08. The Morgan fingerprint density at radius 3 is 2.70 bits per heavy atom. The first-order valence-electron chi connectivity index (χ1n) is 6.32. The van der Waals surface area contributed by atoms with Crippen molar-refractivity contribution in [2.45, 2.75) is 19.9 Å². The van der Waals surface area contributed by atoms with Crippen molar-refractivity contribution in [1.29, 1.82) is 0 Å². The topological polar surface area (TPSA) is 61.2 Å². The van der Waals surface area contributed by atoms with Gasteiger partial charge in [0, 0.05) is 16.7 Å². The van der Waals surface area contributed by atoms with Gasteiger partial charge in [-0.05, 0) is 12.5 Å². The van der Waals surface area contributed by atoms with Gasteiger partial charge < -0.3 is 14.9 Å². The minimum absolute atomic E-state index is 0.522. The number of nitrogens with one attached hydrogen (secondary N) is 1. The van der Waals surface area contributed by atoms with Crippen molar-refractivity contribution < 1.29 is 9.47 Å². The SMILES string of the molecule is CCCOc1c(CNn2cnnc2)cc(Cl)cc1OC. The van der Waals surface area contributed by atoms with Crippen LogP contribution in [-0.2, 0) is 6.54 Å². The van der Waals surface area contributed by atoms with Crippen LogP contribution in [0.15, 0.2) is 24.8 Å². The van der Waals surface area contributed by atoms with E-state index in [0.717, 1.165) is 12.0 Å². The van der Waals surface area contributed by atoms with Crippen LogP contribution < -0.4 is 14.9 Å². The van der Waals surface area contributed by atoms with Crippen LogP contribution in [0.5, 0.6) is 11.5 Å². The molecule has 1 heterocycles. The van der Waals surface area contributed by atoms with Crippen LogP contribution in [0.3, 0.4) is 0 Å². The van der Waals surface area contributed by atoms with E-state index in [1.807, 2.05) is 6.07 Å². The molecule has 0 saturated heterocycles. The highest BCUT2D eigenvalue weighted by Gasteiger charge is 2.12. The van der Waals surface area contributed by atoms with Crippen molar-refractivity contribution in [3.63, 3.8) is 0 Å². The Kier molecular flexibility index (Phi) is 5.06. The van der Waals surface area contributed by atoms with Crippen LogP contribution >= 0.6 is 11.6 Å². The van der Waals surface area contributed by atoms with Crippen molar-refractivity contribution in [3.8, 4) is 11.5 Å². The number of nitrogens with zero attached hydrogens (tertiary/aromatic N) is 3. The smallest absolute Gasteiger partial charge is 0.166 e. The molecule has 7 heteroatoms. The molecule has 20 heavy (non-hydrogen) atoms. The Bertz CT molecular complexity index is 546. The number of methoxy groups -OCH3 is 1. The molecule has 1 N–H and O–H groups in total. The van der Waals surface area contributed by atoms with E-state index < -0.39 is 0 Å². The van der Waals surface area contributed by atoms with E-state index in [0.29, 0.717) is 29.7 Å². The zero-order valence-corrected chi connectivity index (χ0v) is 12.2. The molecule has 0 atom stereocenters. The van der Waals surface area contributed by atoms with Gasteiger partial charge in [0.25, 0.3) is 0 Å².